The number of hydrogen-bond acceptors (Lipinski definition) is 5. The molecule has 0 bridgehead atoms. The van der Waals surface area contributed by atoms with Crippen molar-refractivity contribution in [1.29, 1.82) is 0 Å². The number of hydrogen-bond donors (Lipinski definition) is 2. The lowest BCUT2D eigenvalue weighted by Gasteiger charge is -2.27. The summed E-state index contributed by atoms with van der Waals surface area (Å²) in [6, 6.07) is 11.4. The quantitative estimate of drug-likeness (QED) is 0.389. The number of aromatic nitrogens is 2. The van der Waals surface area contributed by atoms with Gasteiger partial charge in [-0.1, -0.05) is 56.1 Å². The highest BCUT2D eigenvalue weighted by Gasteiger charge is 2.26. The smallest absolute Gasteiger partial charge is 0.156 e. The van der Waals surface area contributed by atoms with Crippen LogP contribution in [0.15, 0.2) is 55.1 Å². The Labute approximate surface area is 204 Å². The van der Waals surface area contributed by atoms with Gasteiger partial charge in [-0.2, -0.15) is 0 Å². The molecule has 0 aliphatic carbocycles. The minimum atomic E-state index is -0.640. The number of halogens is 2. The van der Waals surface area contributed by atoms with Gasteiger partial charge in [0.1, 0.15) is 25.1 Å². The Morgan fingerprint density at radius 3 is 2.18 bits per heavy atom. The molecule has 0 aliphatic rings. The zero-order chi connectivity index (χ0) is 24.0. The van der Waals surface area contributed by atoms with Crippen LogP contribution in [0.1, 0.15) is 38.3 Å². The molecule has 0 amide bonds. The first-order valence-corrected chi connectivity index (χ1v) is 11.6. The van der Waals surface area contributed by atoms with E-state index in [2.05, 4.69) is 18.8 Å². The molecule has 0 fully saturated rings. The minimum absolute atomic E-state index is 0.136. The van der Waals surface area contributed by atoms with Crippen molar-refractivity contribution in [3.63, 3.8) is 0 Å². The summed E-state index contributed by atoms with van der Waals surface area (Å²) < 4.78 is 13.2. The van der Waals surface area contributed by atoms with Crippen LogP contribution in [0.2, 0.25) is 10.0 Å². The van der Waals surface area contributed by atoms with Crippen molar-refractivity contribution in [2.75, 3.05) is 13.2 Å². The lowest BCUT2D eigenvalue weighted by atomic mass is 9.78. The molecule has 1 aromatic heterocycles. The zero-order valence-corrected chi connectivity index (χ0v) is 20.6. The van der Waals surface area contributed by atoms with E-state index in [0.717, 1.165) is 11.1 Å². The van der Waals surface area contributed by atoms with Gasteiger partial charge in [0.25, 0.3) is 0 Å². The lowest BCUT2D eigenvalue weighted by Crippen LogP contribution is -2.23. The third-order valence-corrected chi connectivity index (χ3v) is 6.17. The molecule has 1 heterocycles. The van der Waals surface area contributed by atoms with Crippen molar-refractivity contribution < 1.29 is 19.7 Å². The number of aliphatic hydroxyl groups is 2. The summed E-state index contributed by atoms with van der Waals surface area (Å²) in [5.41, 5.74) is 1.61. The van der Waals surface area contributed by atoms with Crippen LogP contribution in [0.25, 0.3) is 0 Å². The predicted octanol–water partition coefficient (Wildman–Crippen LogP) is 5.11. The Morgan fingerprint density at radius 1 is 0.970 bits per heavy atom. The van der Waals surface area contributed by atoms with Gasteiger partial charge >= 0.3 is 0 Å². The average Bonchev–Trinajstić information content (AvgIpc) is 3.30. The monoisotopic (exact) mass is 492 g/mol. The Balaban J connectivity index is 1.67. The van der Waals surface area contributed by atoms with Crippen molar-refractivity contribution in [1.82, 2.24) is 9.55 Å². The first-order valence-electron chi connectivity index (χ1n) is 10.9. The molecule has 178 valence electrons. The predicted molar refractivity (Wildman–Crippen MR) is 131 cm³/mol. The van der Waals surface area contributed by atoms with E-state index in [0.29, 0.717) is 34.5 Å². The summed E-state index contributed by atoms with van der Waals surface area (Å²) in [5, 5.41) is 20.7. The van der Waals surface area contributed by atoms with Gasteiger partial charge in [0.15, 0.2) is 5.75 Å². The first-order chi connectivity index (χ1) is 15.7. The third-order valence-electron chi connectivity index (χ3n) is 5.61. The molecular formula is C25H30Cl2N2O4. The molecule has 2 N–H and O–H groups in total. The van der Waals surface area contributed by atoms with Crippen molar-refractivity contribution in [2.45, 2.75) is 51.4 Å². The van der Waals surface area contributed by atoms with E-state index in [1.807, 2.05) is 43.3 Å². The Kier molecular flexibility index (Phi) is 8.65. The minimum Gasteiger partial charge on any atom is -0.491 e. The van der Waals surface area contributed by atoms with E-state index in [4.69, 9.17) is 32.7 Å². The highest BCUT2D eigenvalue weighted by molar-refractivity contribution is 6.37. The van der Waals surface area contributed by atoms with Gasteiger partial charge in [0, 0.05) is 17.8 Å². The summed E-state index contributed by atoms with van der Waals surface area (Å²) in [7, 11) is 0. The molecule has 3 aromatic rings. The molecule has 8 heteroatoms. The number of nitrogens with zero attached hydrogens (tertiary/aromatic N) is 2. The van der Waals surface area contributed by atoms with Gasteiger partial charge in [-0.15, -0.1) is 0 Å². The second-order valence-electron chi connectivity index (χ2n) is 8.52. The molecule has 3 rings (SSSR count). The van der Waals surface area contributed by atoms with Crippen molar-refractivity contribution in [2.24, 2.45) is 0 Å². The Bertz CT molecular complexity index is 1000. The van der Waals surface area contributed by atoms with E-state index in [-0.39, 0.29) is 18.6 Å². The number of benzene rings is 2. The Hall–Kier alpha value is -2.25. The zero-order valence-electron chi connectivity index (χ0n) is 19.0. The van der Waals surface area contributed by atoms with Crippen LogP contribution in [-0.2, 0) is 12.0 Å². The Morgan fingerprint density at radius 2 is 1.61 bits per heavy atom. The number of imidazole rings is 1. The van der Waals surface area contributed by atoms with Crippen molar-refractivity contribution in [3.05, 3.63) is 76.3 Å². The molecular weight excluding hydrogens is 463 g/mol. The van der Waals surface area contributed by atoms with E-state index in [1.165, 1.54) is 0 Å². The van der Waals surface area contributed by atoms with Crippen molar-refractivity contribution in [3.8, 4) is 11.5 Å². The van der Waals surface area contributed by atoms with Crippen LogP contribution in [0.3, 0.4) is 0 Å². The highest BCUT2D eigenvalue weighted by Crippen LogP contribution is 2.40. The summed E-state index contributed by atoms with van der Waals surface area (Å²) in [6.45, 7) is 6.78. The second kappa shape index (κ2) is 11.3. The topological polar surface area (TPSA) is 76.7 Å². The molecule has 33 heavy (non-hydrogen) atoms. The molecule has 2 unspecified atom stereocenters. The fraction of sp³-hybridized carbons (Fsp3) is 0.400. The maximum absolute atomic E-state index is 10.1. The fourth-order valence-electron chi connectivity index (χ4n) is 3.37. The van der Waals surface area contributed by atoms with Gasteiger partial charge in [0.05, 0.1) is 29.0 Å². The lowest BCUT2D eigenvalue weighted by molar-refractivity contribution is 0.0924. The molecule has 0 spiro atoms. The fourth-order valence-corrected chi connectivity index (χ4v) is 3.97. The molecule has 0 aliphatic heterocycles. The maximum atomic E-state index is 10.1. The van der Waals surface area contributed by atoms with Crippen LogP contribution < -0.4 is 9.47 Å². The van der Waals surface area contributed by atoms with Gasteiger partial charge in [-0.05, 0) is 41.8 Å². The molecule has 0 saturated heterocycles. The normalized spacial score (nSPS) is 13.5. The molecule has 6 nitrogen and oxygen atoms in total. The number of ether oxygens (including phenoxy) is 2. The summed E-state index contributed by atoms with van der Waals surface area (Å²) in [5.74, 6) is 1.05. The summed E-state index contributed by atoms with van der Waals surface area (Å²) in [4.78, 5) is 3.96. The first kappa shape index (κ1) is 25.4. The molecule has 2 atom stereocenters. The maximum Gasteiger partial charge on any atom is 0.156 e. The van der Waals surface area contributed by atoms with Crippen LogP contribution >= 0.6 is 23.2 Å². The molecule has 0 saturated carbocycles. The van der Waals surface area contributed by atoms with Gasteiger partial charge in [-0.3, -0.25) is 0 Å². The largest absolute Gasteiger partial charge is 0.491 e. The summed E-state index contributed by atoms with van der Waals surface area (Å²) in [6.07, 6.45) is 4.51. The number of aliphatic hydroxyl groups excluding tert-OH is 2. The van der Waals surface area contributed by atoms with Crippen molar-refractivity contribution >= 4 is 23.2 Å². The summed E-state index contributed by atoms with van der Waals surface area (Å²) >= 11 is 12.9. The highest BCUT2D eigenvalue weighted by atomic mass is 35.5. The van der Waals surface area contributed by atoms with E-state index < -0.39 is 12.2 Å². The van der Waals surface area contributed by atoms with Crippen LogP contribution in [0, 0.1) is 0 Å². The van der Waals surface area contributed by atoms with Crippen LogP contribution in [0.4, 0.5) is 0 Å². The second-order valence-corrected chi connectivity index (χ2v) is 9.33. The van der Waals surface area contributed by atoms with E-state index in [1.54, 1.807) is 23.3 Å². The standard InChI is InChI=1S/C25H30Cl2N2O4/c1-4-19(30)14-33-24-22(26)11-18(12-23(24)27)25(2,3)17-5-7-21(8-6-17)32-15-20(31)13-29-10-9-28-16-29/h5-12,16,19-20,30-31H,4,13-15H2,1-3H3. The van der Waals surface area contributed by atoms with Gasteiger partial charge < -0.3 is 24.3 Å². The van der Waals surface area contributed by atoms with E-state index in [9.17, 15) is 10.2 Å². The van der Waals surface area contributed by atoms with Gasteiger partial charge in [0.2, 0.25) is 0 Å². The third kappa shape index (κ3) is 6.64. The number of rotatable bonds is 11. The molecule has 2 aromatic carbocycles. The van der Waals surface area contributed by atoms with Crippen LogP contribution in [0.5, 0.6) is 11.5 Å². The van der Waals surface area contributed by atoms with E-state index >= 15 is 0 Å². The average molecular weight is 493 g/mol. The molecule has 0 radical (unpaired) electrons. The van der Waals surface area contributed by atoms with Gasteiger partial charge in [-0.25, -0.2) is 4.98 Å². The van der Waals surface area contributed by atoms with Crippen LogP contribution in [-0.4, -0.2) is 45.2 Å². The SMILES string of the molecule is CCC(O)COc1c(Cl)cc(C(C)(C)c2ccc(OCC(O)Cn3ccnc3)cc2)cc1Cl.